The van der Waals surface area contributed by atoms with Gasteiger partial charge in [0.2, 0.25) is 0 Å². The van der Waals surface area contributed by atoms with Crippen LogP contribution in [0.1, 0.15) is 24.5 Å². The van der Waals surface area contributed by atoms with Gasteiger partial charge in [0.25, 0.3) is 5.69 Å². The molecular formula is C14H20N2O6S. The number of hydrogen-bond donors (Lipinski definition) is 2. The zero-order chi connectivity index (χ0) is 18.2. The Balaban J connectivity index is 0.000000841. The van der Waals surface area contributed by atoms with Crippen molar-refractivity contribution in [1.82, 2.24) is 0 Å². The van der Waals surface area contributed by atoms with Gasteiger partial charge >= 0.3 is 5.97 Å². The maximum Gasteiger partial charge on any atom is 0.325 e. The summed E-state index contributed by atoms with van der Waals surface area (Å²) in [5.41, 5.74) is 1.43. The van der Waals surface area contributed by atoms with Gasteiger partial charge in [0.1, 0.15) is 6.54 Å². The van der Waals surface area contributed by atoms with Crippen LogP contribution in [0, 0.1) is 24.0 Å². The van der Waals surface area contributed by atoms with Gasteiger partial charge in [-0.2, -0.15) is 0 Å². The number of carboxylic acids is 1. The number of carbonyl (C=O) groups excluding carboxylic acids is 1. The van der Waals surface area contributed by atoms with E-state index in [2.05, 4.69) is 12.6 Å². The van der Waals surface area contributed by atoms with Gasteiger partial charge < -0.3 is 5.11 Å². The number of carbonyl (C=O) groups is 2. The van der Waals surface area contributed by atoms with Crippen LogP contribution in [-0.4, -0.2) is 34.8 Å². The zero-order valence-corrected chi connectivity index (χ0v) is 14.3. The Hall–Kier alpha value is -2.13. The van der Waals surface area contributed by atoms with E-state index in [1.807, 2.05) is 0 Å². The van der Waals surface area contributed by atoms with Crippen molar-refractivity contribution in [2.24, 2.45) is 0 Å². The highest BCUT2D eigenvalue weighted by Crippen LogP contribution is 2.31. The quantitative estimate of drug-likeness (QED) is 0.463. The number of rotatable bonds is 6. The van der Waals surface area contributed by atoms with Crippen molar-refractivity contribution in [2.75, 3.05) is 18.7 Å². The van der Waals surface area contributed by atoms with E-state index in [0.717, 1.165) is 5.06 Å². The second-order valence-corrected chi connectivity index (χ2v) is 4.99. The number of carboxylic acid groups (broad SMARTS) is 1. The molecule has 0 aliphatic heterocycles. The minimum absolute atomic E-state index is 0.0509. The Kier molecular flexibility index (Phi) is 8.89. The second kappa shape index (κ2) is 9.80. The van der Waals surface area contributed by atoms with Gasteiger partial charge in [-0.15, -0.1) is 12.6 Å². The van der Waals surface area contributed by atoms with Crippen LogP contribution in [0.4, 0.5) is 11.4 Å². The number of aliphatic carboxylic acids is 1. The average Bonchev–Trinajstić information content (AvgIpc) is 2.45. The molecule has 1 rings (SSSR count). The Morgan fingerprint density at radius 2 is 1.91 bits per heavy atom. The molecule has 0 aromatic heterocycles. The van der Waals surface area contributed by atoms with Gasteiger partial charge in [-0.1, -0.05) is 13.0 Å². The van der Waals surface area contributed by atoms with Crippen LogP contribution in [0.2, 0.25) is 0 Å². The molecule has 1 aromatic rings. The van der Waals surface area contributed by atoms with E-state index in [9.17, 15) is 19.7 Å². The predicted molar refractivity (Wildman–Crippen MR) is 88.8 cm³/mol. The Bertz CT molecular complexity index is 591. The van der Waals surface area contributed by atoms with Gasteiger partial charge in [-0.05, 0) is 19.4 Å². The van der Waals surface area contributed by atoms with E-state index in [-0.39, 0.29) is 17.3 Å². The van der Waals surface area contributed by atoms with Crippen molar-refractivity contribution in [2.45, 2.75) is 27.2 Å². The summed E-state index contributed by atoms with van der Waals surface area (Å²) in [6.07, 6.45) is 0.531. The number of anilines is 1. The summed E-state index contributed by atoms with van der Waals surface area (Å²) in [5, 5.41) is 20.7. The van der Waals surface area contributed by atoms with E-state index in [4.69, 9.17) is 9.94 Å². The Labute approximate surface area is 139 Å². The van der Waals surface area contributed by atoms with Crippen LogP contribution >= 0.6 is 12.6 Å². The first kappa shape index (κ1) is 20.9. The number of benzene rings is 1. The van der Waals surface area contributed by atoms with Crippen molar-refractivity contribution in [1.29, 1.82) is 0 Å². The molecule has 0 amide bonds. The molecule has 1 aromatic carbocycles. The summed E-state index contributed by atoms with van der Waals surface area (Å²) < 4.78 is 0. The van der Waals surface area contributed by atoms with E-state index in [0.29, 0.717) is 23.2 Å². The highest BCUT2D eigenvalue weighted by Gasteiger charge is 2.21. The largest absolute Gasteiger partial charge is 0.480 e. The second-order valence-electron chi connectivity index (χ2n) is 4.49. The molecule has 0 atom stereocenters. The van der Waals surface area contributed by atoms with E-state index in [1.54, 1.807) is 26.8 Å². The number of nitrogens with zero attached hydrogens (tertiary/aromatic N) is 2. The minimum Gasteiger partial charge on any atom is -0.480 e. The monoisotopic (exact) mass is 344 g/mol. The molecule has 0 saturated heterocycles. The lowest BCUT2D eigenvalue weighted by Gasteiger charge is -2.23. The van der Waals surface area contributed by atoms with Crippen LogP contribution in [0.15, 0.2) is 12.1 Å². The highest BCUT2D eigenvalue weighted by molar-refractivity contribution is 7.96. The number of aryl methyl sites for hydroxylation is 1. The van der Waals surface area contributed by atoms with Crippen LogP contribution < -0.4 is 5.06 Å². The number of nitro benzene ring substituents is 1. The molecule has 9 heteroatoms. The number of nitro groups is 1. The third kappa shape index (κ3) is 6.66. The molecule has 0 heterocycles. The first-order valence-corrected chi connectivity index (χ1v) is 7.10. The molecule has 8 nitrogen and oxygen atoms in total. The molecule has 0 unspecified atom stereocenters. The first-order valence-electron chi connectivity index (χ1n) is 6.65. The fourth-order valence-corrected chi connectivity index (χ4v) is 1.76. The molecule has 0 bridgehead atoms. The molecule has 0 fully saturated rings. The standard InChI is InChI=1S/C11H14N2O5.C3H6OS/c1-7-4-5-9(13(16)17)8(2)11(7)12(18-3)6-10(14)15;1-2-3(4)5/h4-5H,6H2,1-3H3,(H,14,15);2H2,1H3,(H,4,5). The van der Waals surface area contributed by atoms with Gasteiger partial charge in [0.05, 0.1) is 23.3 Å². The van der Waals surface area contributed by atoms with Crippen molar-refractivity contribution in [3.63, 3.8) is 0 Å². The average molecular weight is 344 g/mol. The molecule has 0 spiro atoms. The molecule has 0 aliphatic carbocycles. The minimum atomic E-state index is -1.08. The maximum absolute atomic E-state index is 10.8. The molecule has 0 radical (unpaired) electrons. The third-order valence-corrected chi connectivity index (χ3v) is 3.17. The van der Waals surface area contributed by atoms with Crippen LogP contribution in [0.3, 0.4) is 0 Å². The number of hydroxylamine groups is 1. The van der Waals surface area contributed by atoms with E-state index in [1.165, 1.54) is 13.2 Å². The maximum atomic E-state index is 10.8. The highest BCUT2D eigenvalue weighted by atomic mass is 32.1. The first-order chi connectivity index (χ1) is 10.6. The lowest BCUT2D eigenvalue weighted by Crippen LogP contribution is -2.29. The molecule has 0 aliphatic rings. The van der Waals surface area contributed by atoms with E-state index >= 15 is 0 Å². The van der Waals surface area contributed by atoms with Crippen LogP contribution in [0.5, 0.6) is 0 Å². The summed E-state index contributed by atoms with van der Waals surface area (Å²) in [6, 6.07) is 2.96. The zero-order valence-electron chi connectivity index (χ0n) is 13.4. The van der Waals surface area contributed by atoms with E-state index < -0.39 is 10.9 Å². The van der Waals surface area contributed by atoms with Gasteiger partial charge in [-0.3, -0.25) is 24.5 Å². The number of thiol groups is 1. The Morgan fingerprint density at radius 3 is 2.26 bits per heavy atom. The van der Waals surface area contributed by atoms with Gasteiger partial charge in [-0.25, -0.2) is 5.06 Å². The lowest BCUT2D eigenvalue weighted by molar-refractivity contribution is -0.385. The SMILES string of the molecule is CCC(=O)S.CON(CC(=O)O)c1c(C)ccc([N+](=O)[O-])c1C. The lowest BCUT2D eigenvalue weighted by atomic mass is 10.1. The van der Waals surface area contributed by atoms with Crippen molar-refractivity contribution in [3.8, 4) is 0 Å². The summed E-state index contributed by atoms with van der Waals surface area (Å²) in [5.74, 6) is -1.08. The summed E-state index contributed by atoms with van der Waals surface area (Å²) >= 11 is 3.46. The van der Waals surface area contributed by atoms with Crippen molar-refractivity contribution >= 4 is 35.1 Å². The molecule has 128 valence electrons. The summed E-state index contributed by atoms with van der Waals surface area (Å²) in [6.45, 7) is 4.68. The normalized spacial score (nSPS) is 9.61. The van der Waals surface area contributed by atoms with Crippen molar-refractivity contribution < 1.29 is 24.5 Å². The summed E-state index contributed by atoms with van der Waals surface area (Å²) in [7, 11) is 1.32. The van der Waals surface area contributed by atoms with Crippen LogP contribution in [0.25, 0.3) is 0 Å². The fourth-order valence-electron chi connectivity index (χ4n) is 1.76. The predicted octanol–water partition coefficient (Wildman–Crippen LogP) is 2.52. The Morgan fingerprint density at radius 1 is 1.39 bits per heavy atom. The molecular weight excluding hydrogens is 324 g/mol. The van der Waals surface area contributed by atoms with Gasteiger partial charge in [0, 0.05) is 12.5 Å². The molecule has 0 saturated carbocycles. The van der Waals surface area contributed by atoms with Crippen molar-refractivity contribution in [3.05, 3.63) is 33.4 Å². The molecule has 23 heavy (non-hydrogen) atoms. The molecule has 1 N–H and O–H groups in total. The summed E-state index contributed by atoms with van der Waals surface area (Å²) in [4.78, 5) is 35.7. The third-order valence-electron chi connectivity index (χ3n) is 2.85. The number of hydrogen-bond acceptors (Lipinski definition) is 6. The van der Waals surface area contributed by atoms with Gasteiger partial charge in [0.15, 0.2) is 5.12 Å². The van der Waals surface area contributed by atoms with Crippen LogP contribution in [-0.2, 0) is 14.4 Å². The fraction of sp³-hybridized carbons (Fsp3) is 0.429. The topological polar surface area (TPSA) is 110 Å². The smallest absolute Gasteiger partial charge is 0.325 e.